The van der Waals surface area contributed by atoms with E-state index in [1.807, 2.05) is 39.2 Å². The van der Waals surface area contributed by atoms with Crippen LogP contribution in [0.5, 0.6) is 11.5 Å². The molecule has 0 aliphatic carbocycles. The summed E-state index contributed by atoms with van der Waals surface area (Å²) in [6.45, 7) is 2.97. The van der Waals surface area contributed by atoms with Crippen molar-refractivity contribution in [3.8, 4) is 11.5 Å². The van der Waals surface area contributed by atoms with Crippen molar-refractivity contribution in [3.63, 3.8) is 0 Å². The minimum Gasteiger partial charge on any atom is -0.493 e. The molecule has 1 amide bonds. The highest BCUT2D eigenvalue weighted by atomic mass is 79.9. The molecule has 0 aromatic heterocycles. The number of rotatable bonds is 9. The molecule has 0 aliphatic heterocycles. The monoisotopic (exact) mass is 434 g/mol. The first-order valence-electron chi connectivity index (χ1n) is 8.95. The van der Waals surface area contributed by atoms with Crippen LogP contribution in [0.1, 0.15) is 22.8 Å². The quantitative estimate of drug-likeness (QED) is 0.652. The van der Waals surface area contributed by atoms with E-state index in [0.29, 0.717) is 34.7 Å². The number of nitrogens with zero attached hydrogens (tertiary/aromatic N) is 1. The summed E-state index contributed by atoms with van der Waals surface area (Å²) in [5, 5.41) is 3.03. The highest BCUT2D eigenvalue weighted by Gasteiger charge is 2.18. The summed E-state index contributed by atoms with van der Waals surface area (Å²) in [6.07, 6.45) is 0.865. The first kappa shape index (κ1) is 21.3. The van der Waals surface area contributed by atoms with E-state index >= 15 is 0 Å². The molecule has 0 fully saturated rings. The van der Waals surface area contributed by atoms with Gasteiger partial charge in [-0.25, -0.2) is 0 Å². The van der Waals surface area contributed by atoms with E-state index in [9.17, 15) is 4.79 Å². The van der Waals surface area contributed by atoms with Crippen molar-refractivity contribution < 1.29 is 14.3 Å². The molecule has 2 rings (SSSR count). The normalized spacial score (nSPS) is 11.9. The molecule has 0 spiro atoms. The maximum Gasteiger partial charge on any atom is 0.251 e. The lowest BCUT2D eigenvalue weighted by Gasteiger charge is -2.25. The van der Waals surface area contributed by atoms with Gasteiger partial charge in [-0.2, -0.15) is 0 Å². The van der Waals surface area contributed by atoms with Gasteiger partial charge < -0.3 is 19.7 Å². The van der Waals surface area contributed by atoms with E-state index < -0.39 is 0 Å². The van der Waals surface area contributed by atoms with Gasteiger partial charge in [0, 0.05) is 18.2 Å². The van der Waals surface area contributed by atoms with Gasteiger partial charge in [0.1, 0.15) is 0 Å². The Morgan fingerprint density at radius 3 is 2.52 bits per heavy atom. The number of methoxy groups -OCH3 is 1. The van der Waals surface area contributed by atoms with Gasteiger partial charge in [0.2, 0.25) is 0 Å². The number of hydrogen-bond acceptors (Lipinski definition) is 4. The van der Waals surface area contributed by atoms with Crippen LogP contribution in [0.4, 0.5) is 0 Å². The van der Waals surface area contributed by atoms with Gasteiger partial charge in [-0.05, 0) is 61.1 Å². The topological polar surface area (TPSA) is 50.8 Å². The van der Waals surface area contributed by atoms with E-state index in [1.54, 1.807) is 19.2 Å². The lowest BCUT2D eigenvalue weighted by molar-refractivity contribution is 0.0941. The smallest absolute Gasteiger partial charge is 0.251 e. The number of halogens is 1. The van der Waals surface area contributed by atoms with Crippen molar-refractivity contribution in [3.05, 3.63) is 58.1 Å². The third kappa shape index (κ3) is 5.97. The number of hydrogen-bond donors (Lipinski definition) is 1. The zero-order chi connectivity index (χ0) is 19.8. The summed E-state index contributed by atoms with van der Waals surface area (Å²) in [5.74, 6) is 0.994. The minimum absolute atomic E-state index is 0.142. The molecule has 0 radical (unpaired) electrons. The van der Waals surface area contributed by atoms with Crippen LogP contribution >= 0.6 is 15.9 Å². The summed E-state index contributed by atoms with van der Waals surface area (Å²) < 4.78 is 11.6. The SMILES string of the molecule is CCOc1c(Br)cc(C(=O)NCC(Cc2ccccc2)N(C)C)cc1OC. The van der Waals surface area contributed by atoms with E-state index in [0.717, 1.165) is 6.42 Å². The van der Waals surface area contributed by atoms with Crippen molar-refractivity contribution >= 4 is 21.8 Å². The van der Waals surface area contributed by atoms with Gasteiger partial charge in [-0.1, -0.05) is 30.3 Å². The fraction of sp³-hybridized carbons (Fsp3) is 0.381. The number of likely N-dealkylation sites (N-methyl/N-ethyl adjacent to an activating group) is 1. The van der Waals surface area contributed by atoms with E-state index in [4.69, 9.17) is 9.47 Å². The third-order valence-electron chi connectivity index (χ3n) is 4.32. The number of benzene rings is 2. The maximum absolute atomic E-state index is 12.7. The molecule has 0 bridgehead atoms. The van der Waals surface area contributed by atoms with Crippen LogP contribution in [0.15, 0.2) is 46.9 Å². The zero-order valence-corrected chi connectivity index (χ0v) is 17.9. The van der Waals surface area contributed by atoms with E-state index in [2.05, 4.69) is 38.3 Å². The van der Waals surface area contributed by atoms with Crippen LogP contribution in [0.25, 0.3) is 0 Å². The Balaban J connectivity index is 2.08. The molecular formula is C21H27BrN2O3. The molecule has 2 aromatic carbocycles. The summed E-state index contributed by atoms with van der Waals surface area (Å²) in [4.78, 5) is 14.8. The second kappa shape index (κ2) is 10.3. The number of amides is 1. The number of nitrogens with one attached hydrogen (secondary N) is 1. The molecule has 0 saturated carbocycles. The maximum atomic E-state index is 12.7. The average Bonchev–Trinajstić information content (AvgIpc) is 2.66. The van der Waals surface area contributed by atoms with Crippen molar-refractivity contribution in [2.45, 2.75) is 19.4 Å². The number of carbonyl (C=O) groups is 1. The average molecular weight is 435 g/mol. The summed E-state index contributed by atoms with van der Waals surface area (Å²) in [5.41, 5.74) is 1.77. The fourth-order valence-corrected chi connectivity index (χ4v) is 3.33. The summed E-state index contributed by atoms with van der Waals surface area (Å²) in [7, 11) is 5.61. The molecule has 2 aromatic rings. The Morgan fingerprint density at radius 2 is 1.93 bits per heavy atom. The lowest BCUT2D eigenvalue weighted by Crippen LogP contribution is -2.41. The van der Waals surface area contributed by atoms with Gasteiger partial charge in [-0.15, -0.1) is 0 Å². The molecule has 5 nitrogen and oxygen atoms in total. The second-order valence-electron chi connectivity index (χ2n) is 6.44. The van der Waals surface area contributed by atoms with Gasteiger partial charge in [-0.3, -0.25) is 4.79 Å². The molecule has 0 aliphatic rings. The first-order valence-corrected chi connectivity index (χ1v) is 9.74. The van der Waals surface area contributed by atoms with Crippen molar-refractivity contribution in [2.24, 2.45) is 0 Å². The van der Waals surface area contributed by atoms with Crippen LogP contribution in [0.2, 0.25) is 0 Å². The Labute approximate surface area is 169 Å². The highest BCUT2D eigenvalue weighted by Crippen LogP contribution is 2.36. The first-order chi connectivity index (χ1) is 13.0. The lowest BCUT2D eigenvalue weighted by atomic mass is 10.0. The summed E-state index contributed by atoms with van der Waals surface area (Å²) in [6, 6.07) is 13.9. The van der Waals surface area contributed by atoms with Crippen molar-refractivity contribution in [1.29, 1.82) is 0 Å². The Kier molecular flexibility index (Phi) is 8.13. The number of carbonyl (C=O) groups excluding carboxylic acids is 1. The van der Waals surface area contributed by atoms with E-state index in [1.165, 1.54) is 5.56 Å². The molecule has 146 valence electrons. The van der Waals surface area contributed by atoms with Crippen LogP contribution in [0.3, 0.4) is 0 Å². The predicted octanol–water partition coefficient (Wildman–Crippen LogP) is 3.76. The van der Waals surface area contributed by atoms with Crippen molar-refractivity contribution in [2.75, 3.05) is 34.4 Å². The van der Waals surface area contributed by atoms with Crippen LogP contribution in [-0.2, 0) is 6.42 Å². The van der Waals surface area contributed by atoms with Gasteiger partial charge in [0.15, 0.2) is 11.5 Å². The van der Waals surface area contributed by atoms with Gasteiger partial charge in [0.25, 0.3) is 5.91 Å². The van der Waals surface area contributed by atoms with Crippen molar-refractivity contribution in [1.82, 2.24) is 10.2 Å². The molecule has 0 heterocycles. The molecule has 1 unspecified atom stereocenters. The van der Waals surface area contributed by atoms with E-state index in [-0.39, 0.29) is 11.9 Å². The largest absolute Gasteiger partial charge is 0.493 e. The van der Waals surface area contributed by atoms with Crippen LogP contribution < -0.4 is 14.8 Å². The highest BCUT2D eigenvalue weighted by molar-refractivity contribution is 9.10. The Hall–Kier alpha value is -2.05. The van der Waals surface area contributed by atoms with Crippen LogP contribution in [0, 0.1) is 0 Å². The molecule has 27 heavy (non-hydrogen) atoms. The zero-order valence-electron chi connectivity index (χ0n) is 16.3. The minimum atomic E-state index is -0.142. The molecule has 1 atom stereocenters. The third-order valence-corrected chi connectivity index (χ3v) is 4.91. The standard InChI is InChI=1S/C21H27BrN2O3/c1-5-27-20-18(22)12-16(13-19(20)26-4)21(25)23-14-17(24(2)3)11-15-9-7-6-8-10-15/h6-10,12-13,17H,5,11,14H2,1-4H3,(H,23,25). The summed E-state index contributed by atoms with van der Waals surface area (Å²) >= 11 is 3.46. The second-order valence-corrected chi connectivity index (χ2v) is 7.29. The van der Waals surface area contributed by atoms with Crippen LogP contribution in [-0.4, -0.2) is 51.2 Å². The molecule has 6 heteroatoms. The van der Waals surface area contributed by atoms with Gasteiger partial charge in [0.05, 0.1) is 18.2 Å². The Morgan fingerprint density at radius 1 is 1.22 bits per heavy atom. The molecule has 1 N–H and O–H groups in total. The molecular weight excluding hydrogens is 408 g/mol. The predicted molar refractivity (Wildman–Crippen MR) is 112 cm³/mol. The van der Waals surface area contributed by atoms with Gasteiger partial charge >= 0.3 is 0 Å². The number of ether oxygens (including phenoxy) is 2. The Bertz CT molecular complexity index is 751. The molecule has 0 saturated heterocycles. The fourth-order valence-electron chi connectivity index (χ4n) is 2.77.